The van der Waals surface area contributed by atoms with E-state index in [1.54, 1.807) is 0 Å². The first-order valence-corrected chi connectivity index (χ1v) is 8.10. The van der Waals surface area contributed by atoms with E-state index in [4.69, 9.17) is 5.84 Å². The molecule has 0 bridgehead atoms. The Bertz CT molecular complexity index is 923. The number of halogens is 3. The number of ether oxygens (including phenoxy) is 1. The van der Waals surface area contributed by atoms with Crippen LogP contribution in [0.5, 0.6) is 5.75 Å². The summed E-state index contributed by atoms with van der Waals surface area (Å²) in [6, 6.07) is 12.6. The van der Waals surface area contributed by atoms with Crippen LogP contribution in [0.1, 0.15) is 5.56 Å². The first kappa shape index (κ1) is 20.8. The van der Waals surface area contributed by atoms with Crippen LogP contribution in [0.25, 0.3) is 17.1 Å². The Labute approximate surface area is 163 Å². The minimum atomic E-state index is -4.72. The van der Waals surface area contributed by atoms with Crippen LogP contribution in [0.2, 0.25) is 0 Å². The second-order valence-electron chi connectivity index (χ2n) is 5.09. The molecule has 7 nitrogen and oxygen atoms in total. The first-order valence-electron chi connectivity index (χ1n) is 7.63. The summed E-state index contributed by atoms with van der Waals surface area (Å²) in [6.45, 7) is 0. The quantitative estimate of drug-likeness (QED) is 0.298. The predicted molar refractivity (Wildman–Crippen MR) is 103 cm³/mol. The highest BCUT2D eigenvalue weighted by Gasteiger charge is 2.30. The second-order valence-corrected chi connectivity index (χ2v) is 5.36. The average Bonchev–Trinajstić information content (AvgIpc) is 3.13. The van der Waals surface area contributed by atoms with Gasteiger partial charge in [0.2, 0.25) is 0 Å². The molecule has 0 fully saturated rings. The minimum Gasteiger partial charge on any atom is -0.406 e. The second kappa shape index (κ2) is 9.46. The number of hydrogen-bond acceptors (Lipinski definition) is 6. The smallest absolute Gasteiger partial charge is 0.406 e. The number of rotatable bonds is 4. The lowest BCUT2D eigenvalue weighted by Crippen LogP contribution is -2.17. The van der Waals surface area contributed by atoms with Gasteiger partial charge in [0, 0.05) is 5.56 Å². The van der Waals surface area contributed by atoms with Gasteiger partial charge in [-0.3, -0.25) is 0 Å². The average molecular weight is 408 g/mol. The number of hydrazone groups is 1. The molecule has 3 aromatic rings. The fraction of sp³-hybridized carbons (Fsp3) is 0.0588. The van der Waals surface area contributed by atoms with Crippen molar-refractivity contribution in [3.63, 3.8) is 0 Å². The van der Waals surface area contributed by atoms with Crippen molar-refractivity contribution in [1.29, 1.82) is 0 Å². The van der Waals surface area contributed by atoms with E-state index in [0.29, 0.717) is 11.5 Å². The number of nitrogens with zero attached hydrogens (tertiary/aromatic N) is 4. The summed E-state index contributed by atoms with van der Waals surface area (Å²) in [4.78, 5) is 4.20. The molecule has 0 spiro atoms. The molecule has 0 amide bonds. The zero-order chi connectivity index (χ0) is 20.6. The van der Waals surface area contributed by atoms with Gasteiger partial charge in [-0.25, -0.2) is 9.67 Å². The third-order valence-corrected chi connectivity index (χ3v) is 3.22. The Morgan fingerprint density at radius 1 is 1.07 bits per heavy atom. The van der Waals surface area contributed by atoms with E-state index < -0.39 is 6.36 Å². The van der Waals surface area contributed by atoms with Crippen LogP contribution in [0.15, 0.2) is 60.0 Å². The van der Waals surface area contributed by atoms with E-state index in [2.05, 4.69) is 37.9 Å². The molecule has 0 aliphatic heterocycles. The lowest BCUT2D eigenvalue weighted by Gasteiger charge is -2.09. The van der Waals surface area contributed by atoms with Gasteiger partial charge in [-0.1, -0.05) is 36.5 Å². The number of hydrogen-bond donors (Lipinski definition) is 2. The van der Waals surface area contributed by atoms with E-state index in [0.717, 1.165) is 16.6 Å². The number of nitrogens with two attached hydrogens (primary N) is 2. The summed E-state index contributed by atoms with van der Waals surface area (Å²) in [6.07, 6.45) is -1.73. The van der Waals surface area contributed by atoms with Gasteiger partial charge in [-0.15, -0.1) is 18.3 Å². The SMILES string of the molecule is NC=S.NN=Cc1ccc(-c2ncn(-c3ccc(OC(F)(F)F)cc3)n2)cc1. The topological polar surface area (TPSA) is 104 Å². The molecule has 1 aromatic heterocycles. The Morgan fingerprint density at radius 3 is 2.21 bits per heavy atom. The van der Waals surface area contributed by atoms with Gasteiger partial charge >= 0.3 is 6.36 Å². The van der Waals surface area contributed by atoms with Gasteiger partial charge in [-0.05, 0) is 29.8 Å². The summed E-state index contributed by atoms with van der Waals surface area (Å²) < 4.78 is 41.8. The summed E-state index contributed by atoms with van der Waals surface area (Å²) >= 11 is 4.05. The van der Waals surface area contributed by atoms with Crippen molar-refractivity contribution in [1.82, 2.24) is 14.8 Å². The van der Waals surface area contributed by atoms with Gasteiger partial charge in [0.1, 0.15) is 12.1 Å². The lowest BCUT2D eigenvalue weighted by atomic mass is 10.1. The molecule has 4 N–H and O–H groups in total. The van der Waals surface area contributed by atoms with Crippen molar-refractivity contribution in [3.8, 4) is 22.8 Å². The molecule has 0 radical (unpaired) electrons. The first-order chi connectivity index (χ1) is 13.4. The monoisotopic (exact) mass is 408 g/mol. The molecule has 0 atom stereocenters. The van der Waals surface area contributed by atoms with E-state index in [-0.39, 0.29) is 5.75 Å². The number of aromatic nitrogens is 3. The van der Waals surface area contributed by atoms with Gasteiger partial charge in [0.15, 0.2) is 5.82 Å². The van der Waals surface area contributed by atoms with Crippen molar-refractivity contribution in [2.75, 3.05) is 0 Å². The molecule has 0 unspecified atom stereocenters. The molecular weight excluding hydrogens is 393 g/mol. The van der Waals surface area contributed by atoms with Gasteiger partial charge < -0.3 is 16.3 Å². The van der Waals surface area contributed by atoms with E-state index in [9.17, 15) is 13.2 Å². The largest absolute Gasteiger partial charge is 0.573 e. The maximum Gasteiger partial charge on any atom is 0.573 e. The number of thiocarbonyl (C=S) groups is 1. The Kier molecular flexibility index (Phi) is 7.04. The van der Waals surface area contributed by atoms with E-state index in [1.807, 2.05) is 24.3 Å². The molecule has 28 heavy (non-hydrogen) atoms. The molecule has 0 saturated carbocycles. The standard InChI is InChI=1S/C16H12F3N5O.CH3NS/c17-16(18,19)25-14-7-5-13(6-8-14)24-10-21-15(23-24)12-3-1-11(2-4-12)9-22-20;2-1-3/h1-10H,20H2;1H,(H2,2,3). The Hall–Kier alpha value is -3.47. The molecule has 0 saturated heterocycles. The summed E-state index contributed by atoms with van der Waals surface area (Å²) in [5, 5.41) is 7.76. The Morgan fingerprint density at radius 2 is 1.68 bits per heavy atom. The number of alkyl halides is 3. The van der Waals surface area contributed by atoms with Crippen LogP contribution in [-0.2, 0) is 0 Å². The highest BCUT2D eigenvalue weighted by atomic mass is 32.1. The van der Waals surface area contributed by atoms with Crippen molar-refractivity contribution >= 4 is 23.9 Å². The van der Waals surface area contributed by atoms with Gasteiger partial charge in [0.25, 0.3) is 0 Å². The lowest BCUT2D eigenvalue weighted by molar-refractivity contribution is -0.274. The third-order valence-electron chi connectivity index (χ3n) is 3.22. The summed E-state index contributed by atoms with van der Waals surface area (Å²) in [5.41, 5.74) is 7.80. The van der Waals surface area contributed by atoms with Crippen LogP contribution in [0.3, 0.4) is 0 Å². The fourth-order valence-electron chi connectivity index (χ4n) is 2.12. The van der Waals surface area contributed by atoms with Gasteiger partial charge in [-0.2, -0.15) is 5.10 Å². The van der Waals surface area contributed by atoms with E-state index in [1.165, 1.54) is 41.5 Å². The summed E-state index contributed by atoms with van der Waals surface area (Å²) in [7, 11) is 0. The fourth-order valence-corrected chi connectivity index (χ4v) is 2.12. The van der Waals surface area contributed by atoms with Crippen molar-refractivity contribution in [2.45, 2.75) is 6.36 Å². The van der Waals surface area contributed by atoms with Gasteiger partial charge in [0.05, 0.1) is 17.4 Å². The molecule has 11 heteroatoms. The molecule has 146 valence electrons. The number of benzene rings is 2. The maximum atomic E-state index is 12.2. The van der Waals surface area contributed by atoms with Crippen LogP contribution in [-0.4, -0.2) is 32.8 Å². The van der Waals surface area contributed by atoms with Crippen LogP contribution in [0, 0.1) is 0 Å². The highest BCUT2D eigenvalue weighted by Crippen LogP contribution is 2.24. The van der Waals surface area contributed by atoms with Crippen molar-refractivity contribution in [2.24, 2.45) is 16.7 Å². The summed E-state index contributed by atoms with van der Waals surface area (Å²) in [5.74, 6) is 5.27. The van der Waals surface area contributed by atoms with E-state index >= 15 is 0 Å². The van der Waals surface area contributed by atoms with Crippen LogP contribution in [0.4, 0.5) is 13.2 Å². The third kappa shape index (κ3) is 6.06. The molecule has 2 aromatic carbocycles. The van der Waals surface area contributed by atoms with Crippen molar-refractivity contribution in [3.05, 3.63) is 60.4 Å². The highest BCUT2D eigenvalue weighted by molar-refractivity contribution is 7.78. The normalized spacial score (nSPS) is 11.0. The van der Waals surface area contributed by atoms with Crippen LogP contribution >= 0.6 is 12.2 Å². The van der Waals surface area contributed by atoms with Crippen molar-refractivity contribution < 1.29 is 17.9 Å². The molecule has 0 aliphatic carbocycles. The predicted octanol–water partition coefficient (Wildman–Crippen LogP) is 3.03. The molecule has 3 rings (SSSR count). The molecule has 1 heterocycles. The van der Waals surface area contributed by atoms with Crippen LogP contribution < -0.4 is 16.3 Å². The Balaban J connectivity index is 0.000000878. The zero-order valence-electron chi connectivity index (χ0n) is 14.2. The minimum absolute atomic E-state index is 0.297. The molecular formula is C17H15F3N6OS. The zero-order valence-corrected chi connectivity index (χ0v) is 15.1. The maximum absolute atomic E-state index is 12.2. The molecule has 0 aliphatic rings.